The second kappa shape index (κ2) is 9.84. The first-order valence-electron chi connectivity index (χ1n) is 12.1. The molecular formula is C29H29FN4O. The number of nitrogens with one attached hydrogen (secondary N) is 2. The number of nitrogens with zero attached hydrogens (tertiary/aromatic N) is 2. The maximum atomic E-state index is 14.0. The van der Waals surface area contributed by atoms with E-state index in [0.29, 0.717) is 12.1 Å². The second-order valence-corrected chi connectivity index (χ2v) is 8.92. The van der Waals surface area contributed by atoms with Crippen molar-refractivity contribution in [2.75, 3.05) is 19.6 Å². The number of halogens is 1. The van der Waals surface area contributed by atoms with Crippen LogP contribution in [0.15, 0.2) is 65.8 Å². The first-order valence-corrected chi connectivity index (χ1v) is 12.1. The van der Waals surface area contributed by atoms with Crippen LogP contribution in [-0.2, 0) is 0 Å². The lowest BCUT2D eigenvalue weighted by molar-refractivity contribution is 0.469. The van der Waals surface area contributed by atoms with Crippen molar-refractivity contribution in [1.82, 2.24) is 15.3 Å². The minimum Gasteiger partial charge on any atom is -0.508 e. The fraction of sp³-hybridized carbons (Fsp3) is 0.241. The van der Waals surface area contributed by atoms with Crippen LogP contribution in [0.2, 0.25) is 0 Å². The first kappa shape index (κ1) is 23.0. The summed E-state index contributed by atoms with van der Waals surface area (Å²) in [6.07, 6.45) is 6.08. The second-order valence-electron chi connectivity index (χ2n) is 8.92. The van der Waals surface area contributed by atoms with Crippen molar-refractivity contribution in [1.29, 1.82) is 0 Å². The molecule has 2 aromatic carbocycles. The molecule has 2 aromatic heterocycles. The number of aromatic hydroxyl groups is 1. The van der Waals surface area contributed by atoms with Gasteiger partial charge >= 0.3 is 0 Å². The van der Waals surface area contributed by atoms with E-state index in [1.807, 2.05) is 31.3 Å². The summed E-state index contributed by atoms with van der Waals surface area (Å²) in [6.45, 7) is 6.66. The summed E-state index contributed by atoms with van der Waals surface area (Å²) in [6, 6.07) is 14.3. The number of phenolic OH excluding ortho intramolecular Hbond substituents is 1. The Labute approximate surface area is 204 Å². The highest BCUT2D eigenvalue weighted by molar-refractivity contribution is 6.15. The van der Waals surface area contributed by atoms with Gasteiger partial charge in [-0.05, 0) is 78.9 Å². The number of phenols is 1. The summed E-state index contributed by atoms with van der Waals surface area (Å²) < 4.78 is 14.0. The Kier molecular flexibility index (Phi) is 6.47. The summed E-state index contributed by atoms with van der Waals surface area (Å²) >= 11 is 0. The van der Waals surface area contributed by atoms with E-state index in [-0.39, 0.29) is 5.75 Å². The van der Waals surface area contributed by atoms with Crippen LogP contribution < -0.4 is 5.32 Å². The molecule has 35 heavy (non-hydrogen) atoms. The Morgan fingerprint density at radius 1 is 1.14 bits per heavy atom. The van der Waals surface area contributed by atoms with Gasteiger partial charge in [-0.2, -0.15) is 0 Å². The Bertz CT molecular complexity index is 1430. The van der Waals surface area contributed by atoms with Gasteiger partial charge in [0.05, 0.1) is 11.4 Å². The molecule has 5 nitrogen and oxygen atoms in total. The molecule has 0 amide bonds. The number of benzene rings is 2. The van der Waals surface area contributed by atoms with Crippen molar-refractivity contribution >= 4 is 22.2 Å². The number of hydrogen-bond acceptors (Lipinski definition) is 4. The molecule has 3 heterocycles. The number of hydrogen-bond donors (Lipinski definition) is 3. The van der Waals surface area contributed by atoms with Gasteiger partial charge in [-0.25, -0.2) is 4.39 Å². The zero-order valence-corrected chi connectivity index (χ0v) is 20.0. The molecule has 0 bridgehead atoms. The van der Waals surface area contributed by atoms with Gasteiger partial charge < -0.3 is 15.4 Å². The van der Waals surface area contributed by atoms with Gasteiger partial charge in [-0.1, -0.05) is 25.1 Å². The molecule has 0 unspecified atom stereocenters. The van der Waals surface area contributed by atoms with E-state index in [2.05, 4.69) is 35.4 Å². The van der Waals surface area contributed by atoms with E-state index in [0.717, 1.165) is 76.7 Å². The van der Waals surface area contributed by atoms with Crippen molar-refractivity contribution in [2.45, 2.75) is 26.7 Å². The number of pyridine rings is 1. The minimum atomic E-state index is -0.469. The Morgan fingerprint density at radius 2 is 2.03 bits per heavy atom. The maximum absolute atomic E-state index is 14.0. The van der Waals surface area contributed by atoms with Gasteiger partial charge in [-0.15, -0.1) is 0 Å². The first-order chi connectivity index (χ1) is 17.0. The molecule has 6 heteroatoms. The zero-order valence-electron chi connectivity index (χ0n) is 20.0. The summed E-state index contributed by atoms with van der Waals surface area (Å²) in [5.41, 5.74) is 8.52. The lowest BCUT2D eigenvalue weighted by Crippen LogP contribution is -2.20. The van der Waals surface area contributed by atoms with Gasteiger partial charge in [0.15, 0.2) is 0 Å². The van der Waals surface area contributed by atoms with Crippen LogP contribution in [0.5, 0.6) is 5.75 Å². The van der Waals surface area contributed by atoms with Crippen molar-refractivity contribution in [2.24, 2.45) is 4.99 Å². The molecule has 0 spiro atoms. The van der Waals surface area contributed by atoms with Crippen LogP contribution in [0.1, 0.15) is 42.3 Å². The third-order valence-corrected chi connectivity index (χ3v) is 6.38. The molecule has 0 saturated carbocycles. The van der Waals surface area contributed by atoms with Gasteiger partial charge in [0.25, 0.3) is 0 Å². The third-order valence-electron chi connectivity index (χ3n) is 6.38. The molecule has 4 aromatic rings. The van der Waals surface area contributed by atoms with Crippen molar-refractivity contribution in [3.63, 3.8) is 0 Å². The fourth-order valence-corrected chi connectivity index (χ4v) is 4.64. The predicted octanol–water partition coefficient (Wildman–Crippen LogP) is 6.01. The van der Waals surface area contributed by atoms with Gasteiger partial charge in [0.1, 0.15) is 11.6 Å². The number of aromatic nitrogens is 2. The highest BCUT2D eigenvalue weighted by Crippen LogP contribution is 2.33. The minimum absolute atomic E-state index is 0.0938. The Morgan fingerprint density at radius 3 is 2.80 bits per heavy atom. The third kappa shape index (κ3) is 4.75. The number of rotatable bonds is 6. The van der Waals surface area contributed by atoms with E-state index < -0.39 is 5.82 Å². The number of aromatic amines is 1. The van der Waals surface area contributed by atoms with Crippen molar-refractivity contribution in [3.8, 4) is 16.9 Å². The molecule has 0 fully saturated rings. The average molecular weight is 469 g/mol. The molecule has 0 aliphatic carbocycles. The highest BCUT2D eigenvalue weighted by atomic mass is 19.1. The molecular weight excluding hydrogens is 439 g/mol. The van der Waals surface area contributed by atoms with Gasteiger partial charge in [0, 0.05) is 47.5 Å². The lowest BCUT2D eigenvalue weighted by Gasteiger charge is -2.16. The molecule has 1 aliphatic heterocycles. The number of fused-ring (bicyclic) bond motifs is 1. The Hall–Kier alpha value is -3.77. The SMILES string of the molecule is CCC/N=C(/c1cc2c(-c3cc(O)cc(F)c3)cccc2[nH]1)c1cc(C2=CCNCC2)cnc1C. The number of aryl methyl sites for hydroxylation is 1. The van der Waals surface area contributed by atoms with Crippen LogP contribution in [0.3, 0.4) is 0 Å². The smallest absolute Gasteiger partial charge is 0.127 e. The van der Waals surface area contributed by atoms with E-state index in [1.54, 1.807) is 6.07 Å². The summed E-state index contributed by atoms with van der Waals surface area (Å²) in [7, 11) is 0. The standard InChI is InChI=1S/C29H29FN4O/c1-3-9-32-29(25-14-21(17-33-18(25)2)19-7-10-31-11-8-19)28-16-26-24(5-4-6-27(26)34-28)20-12-22(30)15-23(35)13-20/h4-7,12-17,31,34-35H,3,8-11H2,1-2H3/b32-29+. The fourth-order valence-electron chi connectivity index (χ4n) is 4.64. The molecule has 5 rings (SSSR count). The monoisotopic (exact) mass is 468 g/mol. The van der Waals surface area contributed by atoms with Crippen LogP contribution in [0, 0.1) is 12.7 Å². The Balaban J connectivity index is 1.64. The molecule has 1 aliphatic rings. The molecule has 0 radical (unpaired) electrons. The van der Waals surface area contributed by atoms with E-state index >= 15 is 0 Å². The number of aliphatic imine (C=N–C) groups is 1. The van der Waals surface area contributed by atoms with E-state index in [4.69, 9.17) is 9.98 Å². The van der Waals surface area contributed by atoms with E-state index in [9.17, 15) is 9.50 Å². The lowest BCUT2D eigenvalue weighted by atomic mass is 9.96. The van der Waals surface area contributed by atoms with Gasteiger partial charge in [0.2, 0.25) is 0 Å². The highest BCUT2D eigenvalue weighted by Gasteiger charge is 2.17. The maximum Gasteiger partial charge on any atom is 0.127 e. The quantitative estimate of drug-likeness (QED) is 0.304. The van der Waals surface area contributed by atoms with Crippen LogP contribution >= 0.6 is 0 Å². The predicted molar refractivity (Wildman–Crippen MR) is 141 cm³/mol. The van der Waals surface area contributed by atoms with Gasteiger partial charge in [-0.3, -0.25) is 9.98 Å². The van der Waals surface area contributed by atoms with Crippen LogP contribution in [0.25, 0.3) is 27.6 Å². The summed E-state index contributed by atoms with van der Waals surface area (Å²) in [5, 5.41) is 14.3. The molecule has 0 saturated heterocycles. The summed E-state index contributed by atoms with van der Waals surface area (Å²) in [5.74, 6) is -0.563. The van der Waals surface area contributed by atoms with Crippen molar-refractivity contribution in [3.05, 3.63) is 89.1 Å². The average Bonchev–Trinajstić information content (AvgIpc) is 3.29. The van der Waals surface area contributed by atoms with Crippen LogP contribution in [0.4, 0.5) is 4.39 Å². The van der Waals surface area contributed by atoms with Crippen molar-refractivity contribution < 1.29 is 9.50 Å². The molecule has 3 N–H and O–H groups in total. The van der Waals surface area contributed by atoms with E-state index in [1.165, 1.54) is 11.6 Å². The molecule has 178 valence electrons. The topological polar surface area (TPSA) is 73.3 Å². The zero-order chi connectivity index (χ0) is 24.4. The normalized spacial score (nSPS) is 14.4. The van der Waals surface area contributed by atoms with Crippen LogP contribution in [-0.4, -0.2) is 40.4 Å². The number of H-pyrrole nitrogens is 1. The summed E-state index contributed by atoms with van der Waals surface area (Å²) in [4.78, 5) is 13.2. The largest absolute Gasteiger partial charge is 0.508 e. The molecule has 0 atom stereocenters.